The lowest BCUT2D eigenvalue weighted by molar-refractivity contribution is -0.141. The fourth-order valence-corrected chi connectivity index (χ4v) is 1.50. The highest BCUT2D eigenvalue weighted by Crippen LogP contribution is 2.13. The number of hydrogen-bond acceptors (Lipinski definition) is 3. The highest BCUT2D eigenvalue weighted by molar-refractivity contribution is 5.89. The molecule has 0 radical (unpaired) electrons. The van der Waals surface area contributed by atoms with Crippen molar-refractivity contribution < 1.29 is 18.7 Å². The third-order valence-electron chi connectivity index (χ3n) is 2.49. The van der Waals surface area contributed by atoms with E-state index >= 15 is 0 Å². The number of carbonyl (C=O) groups is 2. The summed E-state index contributed by atoms with van der Waals surface area (Å²) in [5, 5.41) is 5.15. The molecule has 1 rings (SSSR count). The van der Waals surface area contributed by atoms with Crippen LogP contribution in [-0.2, 0) is 9.53 Å². The van der Waals surface area contributed by atoms with E-state index in [0.717, 1.165) is 0 Å². The van der Waals surface area contributed by atoms with Crippen LogP contribution in [0.15, 0.2) is 18.2 Å². The average molecular weight is 268 g/mol. The van der Waals surface area contributed by atoms with Crippen molar-refractivity contribution in [1.82, 2.24) is 5.32 Å². The van der Waals surface area contributed by atoms with Crippen molar-refractivity contribution in [3.8, 4) is 0 Å². The second-order valence-corrected chi connectivity index (χ2v) is 4.24. The molecule has 2 N–H and O–H groups in total. The Morgan fingerprint density at radius 3 is 2.68 bits per heavy atom. The molecule has 0 heterocycles. The van der Waals surface area contributed by atoms with E-state index in [2.05, 4.69) is 15.4 Å². The highest BCUT2D eigenvalue weighted by Gasteiger charge is 2.12. The van der Waals surface area contributed by atoms with Crippen LogP contribution in [0.1, 0.15) is 18.9 Å². The molecule has 0 aliphatic rings. The van der Waals surface area contributed by atoms with Crippen LogP contribution in [-0.4, -0.2) is 25.2 Å². The van der Waals surface area contributed by atoms with Gasteiger partial charge in [0.15, 0.2) is 0 Å². The van der Waals surface area contributed by atoms with E-state index in [0.29, 0.717) is 11.3 Å². The van der Waals surface area contributed by atoms with Gasteiger partial charge in [0.25, 0.3) is 0 Å². The lowest BCUT2D eigenvalue weighted by atomic mass is 10.2. The zero-order valence-electron chi connectivity index (χ0n) is 11.1. The van der Waals surface area contributed by atoms with Gasteiger partial charge in [0, 0.05) is 11.7 Å². The van der Waals surface area contributed by atoms with Crippen LogP contribution >= 0.6 is 0 Å². The highest BCUT2D eigenvalue weighted by atomic mass is 19.1. The smallest absolute Gasteiger partial charge is 0.319 e. The van der Waals surface area contributed by atoms with Crippen molar-refractivity contribution in [3.05, 3.63) is 29.6 Å². The Bertz CT molecular complexity index is 477. The van der Waals surface area contributed by atoms with Crippen molar-refractivity contribution in [3.63, 3.8) is 0 Å². The maximum absolute atomic E-state index is 13.0. The molecule has 19 heavy (non-hydrogen) atoms. The molecule has 0 aliphatic carbocycles. The van der Waals surface area contributed by atoms with E-state index < -0.39 is 12.0 Å². The molecule has 0 aromatic heterocycles. The van der Waals surface area contributed by atoms with Crippen molar-refractivity contribution in [2.24, 2.45) is 0 Å². The summed E-state index contributed by atoms with van der Waals surface area (Å²) >= 11 is 0. The van der Waals surface area contributed by atoms with Gasteiger partial charge in [0.1, 0.15) is 5.82 Å². The van der Waals surface area contributed by atoms with Crippen LogP contribution in [0, 0.1) is 12.7 Å². The molecule has 0 saturated heterocycles. The second-order valence-electron chi connectivity index (χ2n) is 4.24. The average Bonchev–Trinajstić information content (AvgIpc) is 2.33. The van der Waals surface area contributed by atoms with E-state index in [-0.39, 0.29) is 18.3 Å². The molecule has 104 valence electrons. The van der Waals surface area contributed by atoms with Crippen LogP contribution in [0.25, 0.3) is 0 Å². The van der Waals surface area contributed by atoms with Crippen LogP contribution in [0.2, 0.25) is 0 Å². The van der Waals surface area contributed by atoms with Gasteiger partial charge in [-0.05, 0) is 37.6 Å². The first-order chi connectivity index (χ1) is 8.92. The van der Waals surface area contributed by atoms with Gasteiger partial charge < -0.3 is 15.4 Å². The third kappa shape index (κ3) is 4.95. The van der Waals surface area contributed by atoms with Gasteiger partial charge in [-0.25, -0.2) is 9.18 Å². The van der Waals surface area contributed by atoms with Crippen molar-refractivity contribution >= 4 is 17.7 Å². The standard InChI is InChI=1S/C13H17FN2O3/c1-8-6-10(4-5-11(8)14)16-13(18)15-9(2)7-12(17)19-3/h4-6,9H,7H2,1-3H3,(H2,15,16,18). The lowest BCUT2D eigenvalue weighted by Crippen LogP contribution is -2.37. The maximum atomic E-state index is 13.0. The number of urea groups is 1. The first-order valence-electron chi connectivity index (χ1n) is 5.83. The van der Waals surface area contributed by atoms with Crippen LogP contribution < -0.4 is 10.6 Å². The molecule has 1 unspecified atom stereocenters. The number of aryl methyl sites for hydroxylation is 1. The summed E-state index contributed by atoms with van der Waals surface area (Å²) in [6, 6.07) is 3.46. The van der Waals surface area contributed by atoms with Gasteiger partial charge in [0.2, 0.25) is 0 Å². The van der Waals surface area contributed by atoms with E-state index in [1.54, 1.807) is 13.8 Å². The number of nitrogens with one attached hydrogen (secondary N) is 2. The minimum Gasteiger partial charge on any atom is -0.469 e. The SMILES string of the molecule is COC(=O)CC(C)NC(=O)Nc1ccc(F)c(C)c1. The van der Waals surface area contributed by atoms with Gasteiger partial charge in [-0.3, -0.25) is 4.79 Å². The summed E-state index contributed by atoms with van der Waals surface area (Å²) < 4.78 is 17.5. The minimum atomic E-state index is -0.456. The molecular formula is C13H17FN2O3. The van der Waals surface area contributed by atoms with Crippen LogP contribution in [0.4, 0.5) is 14.9 Å². The van der Waals surface area contributed by atoms with Crippen molar-refractivity contribution in [1.29, 1.82) is 0 Å². The van der Waals surface area contributed by atoms with E-state index in [4.69, 9.17) is 0 Å². The molecule has 6 heteroatoms. The van der Waals surface area contributed by atoms with E-state index in [1.165, 1.54) is 25.3 Å². The molecule has 0 aliphatic heterocycles. The van der Waals surface area contributed by atoms with E-state index in [1.807, 2.05) is 0 Å². The fraction of sp³-hybridized carbons (Fsp3) is 0.385. The summed E-state index contributed by atoms with van der Waals surface area (Å²) in [5.74, 6) is -0.726. The maximum Gasteiger partial charge on any atom is 0.319 e. The van der Waals surface area contributed by atoms with Crippen LogP contribution in [0.3, 0.4) is 0 Å². The minimum absolute atomic E-state index is 0.0896. The Morgan fingerprint density at radius 1 is 1.42 bits per heavy atom. The predicted molar refractivity (Wildman–Crippen MR) is 69.4 cm³/mol. The number of amides is 2. The summed E-state index contributed by atoms with van der Waals surface area (Å²) in [5.41, 5.74) is 0.932. The number of hydrogen-bond donors (Lipinski definition) is 2. The molecule has 1 atom stereocenters. The number of ether oxygens (including phenoxy) is 1. The summed E-state index contributed by atoms with van der Waals surface area (Å²) in [6.45, 7) is 3.30. The Hall–Kier alpha value is -2.11. The van der Waals surface area contributed by atoms with Crippen molar-refractivity contribution in [2.75, 3.05) is 12.4 Å². The largest absolute Gasteiger partial charge is 0.469 e. The van der Waals surface area contributed by atoms with Gasteiger partial charge in [-0.15, -0.1) is 0 Å². The quantitative estimate of drug-likeness (QED) is 0.823. The molecule has 0 bridgehead atoms. The van der Waals surface area contributed by atoms with Crippen LogP contribution in [0.5, 0.6) is 0 Å². The zero-order chi connectivity index (χ0) is 14.4. The Kier molecular flexibility index (Phi) is 5.29. The first-order valence-corrected chi connectivity index (χ1v) is 5.83. The van der Waals surface area contributed by atoms with Gasteiger partial charge in [-0.1, -0.05) is 0 Å². The van der Waals surface area contributed by atoms with Crippen molar-refractivity contribution in [2.45, 2.75) is 26.3 Å². The molecule has 2 amide bonds. The first kappa shape index (κ1) is 14.9. The summed E-state index contributed by atoms with van der Waals surface area (Å²) in [7, 11) is 1.29. The molecule has 1 aromatic carbocycles. The monoisotopic (exact) mass is 268 g/mol. The third-order valence-corrected chi connectivity index (χ3v) is 2.49. The number of rotatable bonds is 4. The Balaban J connectivity index is 2.50. The van der Waals surface area contributed by atoms with Gasteiger partial charge in [0.05, 0.1) is 13.5 Å². The molecule has 0 spiro atoms. The molecule has 0 fully saturated rings. The van der Waals surface area contributed by atoms with Gasteiger partial charge >= 0.3 is 12.0 Å². The van der Waals surface area contributed by atoms with E-state index in [9.17, 15) is 14.0 Å². The summed E-state index contributed by atoms with van der Waals surface area (Å²) in [6.07, 6.45) is 0.0896. The number of halogens is 1. The Labute approximate surface area is 111 Å². The molecular weight excluding hydrogens is 251 g/mol. The number of esters is 1. The molecule has 5 nitrogen and oxygen atoms in total. The predicted octanol–water partition coefficient (Wildman–Crippen LogP) is 2.21. The fourth-order valence-electron chi connectivity index (χ4n) is 1.50. The number of methoxy groups -OCH3 is 1. The summed E-state index contributed by atoms with van der Waals surface area (Å²) in [4.78, 5) is 22.6. The lowest BCUT2D eigenvalue weighted by Gasteiger charge is -2.13. The normalized spacial score (nSPS) is 11.6. The topological polar surface area (TPSA) is 67.4 Å². The molecule has 0 saturated carbocycles. The number of anilines is 1. The second kappa shape index (κ2) is 6.72. The van der Waals surface area contributed by atoms with Gasteiger partial charge in [-0.2, -0.15) is 0 Å². The molecule has 1 aromatic rings. The number of benzene rings is 1. The zero-order valence-corrected chi connectivity index (χ0v) is 11.1. The Morgan fingerprint density at radius 2 is 2.11 bits per heavy atom. The number of carbonyl (C=O) groups excluding carboxylic acids is 2.